The number of nitrogens with zero attached hydrogens (tertiary/aromatic N) is 2. The second-order valence-electron chi connectivity index (χ2n) is 5.39. The summed E-state index contributed by atoms with van der Waals surface area (Å²) < 4.78 is 1.65. The molecule has 1 amide bonds. The fourth-order valence-corrected chi connectivity index (χ4v) is 3.23. The molecule has 0 saturated heterocycles. The van der Waals surface area contributed by atoms with E-state index < -0.39 is 0 Å². The normalized spacial score (nSPS) is 10.8. The van der Waals surface area contributed by atoms with Crippen LogP contribution in [-0.2, 0) is 0 Å². The van der Waals surface area contributed by atoms with Crippen LogP contribution in [0.3, 0.4) is 0 Å². The van der Waals surface area contributed by atoms with Crippen LogP contribution >= 0.6 is 22.9 Å². The van der Waals surface area contributed by atoms with Crippen molar-refractivity contribution in [3.8, 4) is 16.3 Å². The van der Waals surface area contributed by atoms with Crippen molar-refractivity contribution in [1.29, 1.82) is 0 Å². The molecule has 1 aromatic carbocycles. The third kappa shape index (κ3) is 3.68. The number of unbranched alkanes of at least 4 members (excludes halogenated alkanes) is 1. The van der Waals surface area contributed by atoms with Gasteiger partial charge >= 0.3 is 0 Å². The summed E-state index contributed by atoms with van der Waals surface area (Å²) in [4.78, 5) is 13.6. The molecule has 2 heterocycles. The summed E-state index contributed by atoms with van der Waals surface area (Å²) in [5.41, 5.74) is 2.06. The van der Waals surface area contributed by atoms with Crippen LogP contribution in [0.15, 0.2) is 47.8 Å². The standard InChI is InChI=1S/C18H18ClN3OS/c1-2-3-9-20-18(23)16-12-15(17-8-5-10-24-17)21-22(16)14-7-4-6-13(19)11-14/h4-8,10-12H,2-3,9H2,1H3,(H,20,23). The average molecular weight is 360 g/mol. The number of halogens is 1. The Labute approximate surface area is 150 Å². The van der Waals surface area contributed by atoms with Gasteiger partial charge in [0.2, 0.25) is 0 Å². The van der Waals surface area contributed by atoms with E-state index in [2.05, 4.69) is 17.3 Å². The molecule has 0 aliphatic heterocycles. The molecule has 0 spiro atoms. The average Bonchev–Trinajstić information content (AvgIpc) is 3.24. The molecule has 3 rings (SSSR count). The van der Waals surface area contributed by atoms with Crippen LogP contribution in [0.5, 0.6) is 0 Å². The van der Waals surface area contributed by atoms with Crippen molar-refractivity contribution in [3.63, 3.8) is 0 Å². The second-order valence-corrected chi connectivity index (χ2v) is 6.78. The van der Waals surface area contributed by atoms with Gasteiger partial charge in [-0.25, -0.2) is 4.68 Å². The number of benzene rings is 1. The van der Waals surface area contributed by atoms with Crippen molar-refractivity contribution in [2.24, 2.45) is 0 Å². The van der Waals surface area contributed by atoms with Gasteiger partial charge in [-0.2, -0.15) is 5.10 Å². The van der Waals surface area contributed by atoms with E-state index in [0.29, 0.717) is 17.3 Å². The molecular formula is C18H18ClN3OS. The number of hydrogen-bond acceptors (Lipinski definition) is 3. The van der Waals surface area contributed by atoms with E-state index in [9.17, 15) is 4.79 Å². The number of hydrogen-bond donors (Lipinski definition) is 1. The molecule has 1 N–H and O–H groups in total. The number of amides is 1. The molecule has 0 atom stereocenters. The first-order chi connectivity index (χ1) is 11.7. The van der Waals surface area contributed by atoms with Gasteiger partial charge in [0.1, 0.15) is 11.4 Å². The molecule has 6 heteroatoms. The molecule has 0 unspecified atom stereocenters. The minimum absolute atomic E-state index is 0.126. The minimum Gasteiger partial charge on any atom is -0.351 e. The van der Waals surface area contributed by atoms with E-state index in [4.69, 9.17) is 11.6 Å². The van der Waals surface area contributed by atoms with Crippen molar-refractivity contribution in [2.75, 3.05) is 6.54 Å². The number of carbonyl (C=O) groups excluding carboxylic acids is 1. The van der Waals surface area contributed by atoms with Crippen molar-refractivity contribution >= 4 is 28.8 Å². The van der Waals surface area contributed by atoms with Crippen LogP contribution in [0, 0.1) is 0 Å². The lowest BCUT2D eigenvalue weighted by Crippen LogP contribution is -2.26. The van der Waals surface area contributed by atoms with E-state index in [1.807, 2.05) is 35.7 Å². The molecule has 0 saturated carbocycles. The SMILES string of the molecule is CCCCNC(=O)c1cc(-c2cccs2)nn1-c1cccc(Cl)c1. The van der Waals surface area contributed by atoms with Crippen molar-refractivity contribution in [1.82, 2.24) is 15.1 Å². The van der Waals surface area contributed by atoms with Gasteiger partial charge in [0, 0.05) is 11.6 Å². The number of rotatable bonds is 6. The zero-order valence-corrected chi connectivity index (χ0v) is 14.9. The zero-order chi connectivity index (χ0) is 16.9. The number of aromatic nitrogens is 2. The Morgan fingerprint density at radius 3 is 2.88 bits per heavy atom. The Hall–Kier alpha value is -2.11. The summed E-state index contributed by atoms with van der Waals surface area (Å²) in [6.45, 7) is 2.75. The second kappa shape index (κ2) is 7.64. The van der Waals surface area contributed by atoms with Gasteiger partial charge in [-0.1, -0.05) is 37.1 Å². The van der Waals surface area contributed by atoms with Gasteiger partial charge in [-0.05, 0) is 42.1 Å². The molecule has 0 radical (unpaired) electrons. The van der Waals surface area contributed by atoms with Crippen LogP contribution in [0.2, 0.25) is 5.02 Å². The summed E-state index contributed by atoms with van der Waals surface area (Å²) in [7, 11) is 0. The highest BCUT2D eigenvalue weighted by Gasteiger charge is 2.17. The number of carbonyl (C=O) groups is 1. The van der Waals surface area contributed by atoms with Gasteiger partial charge < -0.3 is 5.32 Å². The van der Waals surface area contributed by atoms with Crippen LogP contribution < -0.4 is 5.32 Å². The lowest BCUT2D eigenvalue weighted by molar-refractivity contribution is 0.0945. The summed E-state index contributed by atoms with van der Waals surface area (Å²) in [5.74, 6) is -0.126. The van der Waals surface area contributed by atoms with Crippen LogP contribution in [-0.4, -0.2) is 22.2 Å². The van der Waals surface area contributed by atoms with E-state index in [0.717, 1.165) is 29.1 Å². The molecule has 4 nitrogen and oxygen atoms in total. The highest BCUT2D eigenvalue weighted by molar-refractivity contribution is 7.13. The summed E-state index contributed by atoms with van der Waals surface area (Å²) >= 11 is 7.69. The Morgan fingerprint density at radius 1 is 1.29 bits per heavy atom. The fourth-order valence-electron chi connectivity index (χ4n) is 2.36. The smallest absolute Gasteiger partial charge is 0.270 e. The molecule has 3 aromatic rings. The molecule has 24 heavy (non-hydrogen) atoms. The zero-order valence-electron chi connectivity index (χ0n) is 13.3. The quantitative estimate of drug-likeness (QED) is 0.643. The van der Waals surface area contributed by atoms with Gasteiger partial charge in [0.05, 0.1) is 10.6 Å². The van der Waals surface area contributed by atoms with E-state index >= 15 is 0 Å². The summed E-state index contributed by atoms with van der Waals surface area (Å²) in [5, 5.41) is 10.2. The predicted octanol–water partition coefficient (Wildman–Crippen LogP) is 4.78. The van der Waals surface area contributed by atoms with Crippen LogP contribution in [0.4, 0.5) is 0 Å². The maximum Gasteiger partial charge on any atom is 0.270 e. The Kier molecular flexibility index (Phi) is 5.33. The van der Waals surface area contributed by atoms with E-state index in [1.54, 1.807) is 28.2 Å². The molecule has 124 valence electrons. The van der Waals surface area contributed by atoms with Gasteiger partial charge in [0.25, 0.3) is 5.91 Å². The molecule has 2 aromatic heterocycles. The van der Waals surface area contributed by atoms with Crippen molar-refractivity contribution in [2.45, 2.75) is 19.8 Å². The van der Waals surface area contributed by atoms with Crippen molar-refractivity contribution in [3.05, 3.63) is 58.6 Å². The number of nitrogens with one attached hydrogen (secondary N) is 1. The topological polar surface area (TPSA) is 46.9 Å². The first kappa shape index (κ1) is 16.7. The maximum atomic E-state index is 12.6. The highest BCUT2D eigenvalue weighted by Crippen LogP contribution is 2.26. The van der Waals surface area contributed by atoms with Gasteiger partial charge in [-0.15, -0.1) is 11.3 Å². The molecule has 0 aliphatic carbocycles. The highest BCUT2D eigenvalue weighted by atomic mass is 35.5. The lowest BCUT2D eigenvalue weighted by atomic mass is 10.2. The third-order valence-electron chi connectivity index (χ3n) is 3.58. The molecule has 0 aliphatic rings. The van der Waals surface area contributed by atoms with E-state index in [1.165, 1.54) is 0 Å². The maximum absolute atomic E-state index is 12.6. The van der Waals surface area contributed by atoms with Crippen LogP contribution in [0.1, 0.15) is 30.3 Å². The van der Waals surface area contributed by atoms with Gasteiger partial charge in [0.15, 0.2) is 0 Å². The minimum atomic E-state index is -0.126. The predicted molar refractivity (Wildman–Crippen MR) is 99.1 cm³/mol. The monoisotopic (exact) mass is 359 g/mol. The first-order valence-corrected chi connectivity index (χ1v) is 9.13. The Morgan fingerprint density at radius 2 is 2.17 bits per heavy atom. The summed E-state index contributed by atoms with van der Waals surface area (Å²) in [6, 6.07) is 13.1. The van der Waals surface area contributed by atoms with Crippen LogP contribution in [0.25, 0.3) is 16.3 Å². The molecule has 0 bridgehead atoms. The number of thiophene rings is 1. The largest absolute Gasteiger partial charge is 0.351 e. The fraction of sp³-hybridized carbons (Fsp3) is 0.222. The molecular weight excluding hydrogens is 342 g/mol. The first-order valence-electron chi connectivity index (χ1n) is 7.87. The molecule has 0 fully saturated rings. The Bertz CT molecular complexity index is 827. The Balaban J connectivity index is 2.00. The van der Waals surface area contributed by atoms with Gasteiger partial charge in [-0.3, -0.25) is 4.79 Å². The lowest BCUT2D eigenvalue weighted by Gasteiger charge is -2.08. The van der Waals surface area contributed by atoms with E-state index in [-0.39, 0.29) is 5.91 Å². The third-order valence-corrected chi connectivity index (χ3v) is 4.71. The summed E-state index contributed by atoms with van der Waals surface area (Å²) in [6.07, 6.45) is 1.99. The van der Waals surface area contributed by atoms with Crippen molar-refractivity contribution < 1.29 is 4.79 Å².